The van der Waals surface area contributed by atoms with E-state index in [0.717, 1.165) is 32.9 Å². The largest absolute Gasteiger partial charge is 0.396 e. The Kier molecular flexibility index (Phi) is 5.98. The van der Waals surface area contributed by atoms with Crippen molar-refractivity contribution in [3.63, 3.8) is 0 Å². The minimum Gasteiger partial charge on any atom is -0.396 e. The summed E-state index contributed by atoms with van der Waals surface area (Å²) in [4.78, 5) is 21.0. The average Bonchev–Trinajstić information content (AvgIpc) is 3.08. The Balaban J connectivity index is 1.78. The summed E-state index contributed by atoms with van der Waals surface area (Å²) in [6.45, 7) is 3.45. The van der Waals surface area contributed by atoms with Crippen LogP contribution in [0.1, 0.15) is 21.7 Å². The molecule has 0 aliphatic carbocycles. The first-order chi connectivity index (χ1) is 15.2. The van der Waals surface area contributed by atoms with Gasteiger partial charge in [0.25, 0.3) is 5.56 Å². The summed E-state index contributed by atoms with van der Waals surface area (Å²) in [6.07, 6.45) is 1.54. The maximum absolute atomic E-state index is 13.7. The molecule has 2 aromatic heterocycles. The molecule has 4 rings (SSSR count). The number of nitrogens with zero attached hydrogens (tertiary/aromatic N) is 3. The Morgan fingerprint density at radius 2 is 1.81 bits per heavy atom. The van der Waals surface area contributed by atoms with E-state index >= 15 is 0 Å². The van der Waals surface area contributed by atoms with E-state index in [-0.39, 0.29) is 36.6 Å². The van der Waals surface area contributed by atoms with E-state index in [1.165, 1.54) is 22.1 Å². The summed E-state index contributed by atoms with van der Waals surface area (Å²) in [5, 5.41) is 13.3. The molecule has 0 fully saturated rings. The topological polar surface area (TPSA) is 80.0 Å². The lowest BCUT2D eigenvalue weighted by molar-refractivity contribution is 0.298. The number of nitrogens with one attached hydrogen (secondary N) is 1. The van der Waals surface area contributed by atoms with Gasteiger partial charge in [0.1, 0.15) is 0 Å². The first kappa shape index (κ1) is 22.0. The number of aryl methyl sites for hydroxylation is 2. The van der Waals surface area contributed by atoms with Crippen LogP contribution in [0.3, 0.4) is 0 Å². The van der Waals surface area contributed by atoms with Gasteiger partial charge in [-0.3, -0.25) is 4.79 Å². The van der Waals surface area contributed by atoms with Gasteiger partial charge in [0.05, 0.1) is 21.8 Å². The predicted molar refractivity (Wildman–Crippen MR) is 117 cm³/mol. The molecule has 32 heavy (non-hydrogen) atoms. The Bertz CT molecular complexity index is 1360. The molecule has 0 radical (unpaired) electrons. The zero-order valence-electron chi connectivity index (χ0n) is 17.2. The van der Waals surface area contributed by atoms with E-state index in [2.05, 4.69) is 15.3 Å². The average molecular weight is 460 g/mol. The molecule has 4 aromatic rings. The highest BCUT2D eigenvalue weighted by Crippen LogP contribution is 2.29. The quantitative estimate of drug-likeness (QED) is 0.422. The van der Waals surface area contributed by atoms with Gasteiger partial charge in [-0.1, -0.05) is 0 Å². The van der Waals surface area contributed by atoms with Gasteiger partial charge in [-0.2, -0.15) is 4.98 Å². The second kappa shape index (κ2) is 8.71. The molecule has 6 nitrogen and oxygen atoms in total. The highest BCUT2D eigenvalue weighted by Gasteiger charge is 2.15. The molecule has 2 N–H and O–H groups in total. The van der Waals surface area contributed by atoms with E-state index in [0.29, 0.717) is 5.69 Å². The van der Waals surface area contributed by atoms with Gasteiger partial charge >= 0.3 is 0 Å². The normalized spacial score (nSPS) is 11.3. The van der Waals surface area contributed by atoms with Crippen molar-refractivity contribution in [1.82, 2.24) is 14.5 Å². The van der Waals surface area contributed by atoms with Crippen molar-refractivity contribution in [2.24, 2.45) is 0 Å². The Morgan fingerprint density at radius 3 is 2.50 bits per heavy atom. The van der Waals surface area contributed by atoms with Crippen LogP contribution in [0.25, 0.3) is 10.2 Å². The number of anilines is 2. The highest BCUT2D eigenvalue weighted by molar-refractivity contribution is 7.18. The molecule has 166 valence electrons. The van der Waals surface area contributed by atoms with Crippen LogP contribution in [0.2, 0.25) is 0 Å². The van der Waals surface area contributed by atoms with Crippen LogP contribution in [0.5, 0.6) is 0 Å². The fourth-order valence-electron chi connectivity index (χ4n) is 3.39. The lowest BCUT2D eigenvalue weighted by Crippen LogP contribution is -2.22. The van der Waals surface area contributed by atoms with Gasteiger partial charge in [-0.25, -0.2) is 18.2 Å². The van der Waals surface area contributed by atoms with Crippen molar-refractivity contribution in [2.75, 3.05) is 11.9 Å². The number of aliphatic hydroxyl groups is 1. The maximum atomic E-state index is 13.7. The van der Waals surface area contributed by atoms with Crippen molar-refractivity contribution in [3.05, 3.63) is 80.0 Å². The van der Waals surface area contributed by atoms with Crippen molar-refractivity contribution in [1.29, 1.82) is 0 Å². The molecule has 0 saturated carbocycles. The number of benzene rings is 2. The first-order valence-corrected chi connectivity index (χ1v) is 10.6. The Labute approximate surface area is 185 Å². The molecule has 0 unspecified atom stereocenters. The standard InChI is InChI=1S/C22H19F3N4O2S/c1-11-5-18-19(32-12(2)26-18)8-17(11)27-22-28-21(31)14(3-4-30)10-29(22)9-13-6-15(23)20(25)16(24)7-13/h5-8,10,30H,3-4,9H2,1-2H3,(H,27,28,31). The minimum absolute atomic E-state index is 0.0728. The van der Waals surface area contributed by atoms with Gasteiger partial charge in [-0.15, -0.1) is 11.3 Å². The fraction of sp³-hybridized carbons (Fsp3) is 0.227. The lowest BCUT2D eigenvalue weighted by Gasteiger charge is -2.17. The van der Waals surface area contributed by atoms with Crippen LogP contribution in [0.15, 0.2) is 35.3 Å². The molecule has 0 spiro atoms. The summed E-state index contributed by atoms with van der Waals surface area (Å²) in [5.74, 6) is -4.01. The van der Waals surface area contributed by atoms with E-state index in [1.807, 2.05) is 26.0 Å². The van der Waals surface area contributed by atoms with Crippen LogP contribution >= 0.6 is 11.3 Å². The number of rotatable bonds is 6. The Hall–Kier alpha value is -3.24. The molecule has 0 saturated heterocycles. The van der Waals surface area contributed by atoms with Gasteiger partial charge in [0.15, 0.2) is 17.5 Å². The van der Waals surface area contributed by atoms with Gasteiger partial charge < -0.3 is 15.0 Å². The van der Waals surface area contributed by atoms with Crippen molar-refractivity contribution >= 4 is 33.2 Å². The summed E-state index contributed by atoms with van der Waals surface area (Å²) in [6, 6.07) is 5.59. The number of hydrogen-bond donors (Lipinski definition) is 2. The van der Waals surface area contributed by atoms with E-state index in [4.69, 9.17) is 0 Å². The van der Waals surface area contributed by atoms with Crippen LogP contribution in [0.4, 0.5) is 24.8 Å². The van der Waals surface area contributed by atoms with Gasteiger partial charge in [-0.05, 0) is 49.2 Å². The molecule has 0 aliphatic rings. The van der Waals surface area contributed by atoms with Crippen molar-refractivity contribution in [3.8, 4) is 0 Å². The third-order valence-corrected chi connectivity index (χ3v) is 5.87. The van der Waals surface area contributed by atoms with Crippen LogP contribution in [-0.4, -0.2) is 26.2 Å². The third kappa shape index (κ3) is 4.37. The molecular formula is C22H19F3N4O2S. The van der Waals surface area contributed by atoms with Crippen molar-refractivity contribution in [2.45, 2.75) is 26.8 Å². The minimum atomic E-state index is -1.55. The zero-order valence-corrected chi connectivity index (χ0v) is 18.1. The van der Waals surface area contributed by atoms with Crippen LogP contribution in [-0.2, 0) is 13.0 Å². The predicted octanol–water partition coefficient (Wildman–Crippen LogP) is 4.21. The number of aliphatic hydroxyl groups excluding tert-OH is 1. The SMILES string of the molecule is Cc1nc2cc(C)c(Nc3nc(=O)c(CCO)cn3Cc3cc(F)c(F)c(F)c3)cc2s1. The number of hydrogen-bond acceptors (Lipinski definition) is 6. The van der Waals surface area contributed by atoms with E-state index < -0.39 is 23.0 Å². The smallest absolute Gasteiger partial charge is 0.277 e. The zero-order chi connectivity index (χ0) is 23.0. The van der Waals surface area contributed by atoms with Crippen LogP contribution < -0.4 is 10.9 Å². The molecule has 2 heterocycles. The molecule has 0 amide bonds. The summed E-state index contributed by atoms with van der Waals surface area (Å²) in [7, 11) is 0. The number of aromatic nitrogens is 3. The Morgan fingerprint density at radius 1 is 1.09 bits per heavy atom. The summed E-state index contributed by atoms with van der Waals surface area (Å²) >= 11 is 1.52. The van der Waals surface area contributed by atoms with Crippen molar-refractivity contribution < 1.29 is 18.3 Å². The van der Waals surface area contributed by atoms with Crippen LogP contribution in [0, 0.1) is 31.3 Å². The molecule has 0 bridgehead atoms. The first-order valence-electron chi connectivity index (χ1n) is 9.74. The van der Waals surface area contributed by atoms with E-state index in [9.17, 15) is 23.1 Å². The summed E-state index contributed by atoms with van der Waals surface area (Å²) < 4.78 is 43.2. The second-order valence-corrected chi connectivity index (χ2v) is 8.60. The fourth-order valence-corrected chi connectivity index (χ4v) is 4.24. The van der Waals surface area contributed by atoms with Gasteiger partial charge in [0, 0.05) is 30.5 Å². The number of fused-ring (bicyclic) bond motifs is 1. The molecule has 10 heteroatoms. The lowest BCUT2D eigenvalue weighted by atomic mass is 10.2. The third-order valence-electron chi connectivity index (χ3n) is 4.93. The summed E-state index contributed by atoms with van der Waals surface area (Å²) in [5.41, 5.74) is 2.27. The monoisotopic (exact) mass is 460 g/mol. The second-order valence-electron chi connectivity index (χ2n) is 7.36. The molecule has 0 atom stereocenters. The van der Waals surface area contributed by atoms with Gasteiger partial charge in [0.2, 0.25) is 5.95 Å². The molecular weight excluding hydrogens is 441 g/mol. The van der Waals surface area contributed by atoms with E-state index in [1.54, 1.807) is 0 Å². The number of thiazole rings is 1. The number of halogens is 3. The highest BCUT2D eigenvalue weighted by atomic mass is 32.1. The molecule has 2 aromatic carbocycles. The molecule has 0 aliphatic heterocycles. The maximum Gasteiger partial charge on any atom is 0.277 e.